The van der Waals surface area contributed by atoms with Gasteiger partial charge < -0.3 is 25.1 Å². The van der Waals surface area contributed by atoms with E-state index in [1.54, 1.807) is 11.0 Å². The summed E-state index contributed by atoms with van der Waals surface area (Å²) in [7, 11) is 0. The smallest absolute Gasteiger partial charge is 0.323 e. The number of hydrogen-bond acceptors (Lipinski definition) is 3. The maximum atomic E-state index is 12.7. The van der Waals surface area contributed by atoms with Crippen molar-refractivity contribution in [3.05, 3.63) is 34.2 Å². The summed E-state index contributed by atoms with van der Waals surface area (Å²) in [6, 6.07) is 5.40. The molecule has 0 unspecified atom stereocenters. The van der Waals surface area contributed by atoms with E-state index in [0.717, 1.165) is 17.5 Å². The highest BCUT2D eigenvalue weighted by Gasteiger charge is 2.24. The van der Waals surface area contributed by atoms with Crippen LogP contribution in [0.25, 0.3) is 11.0 Å². The average Bonchev–Trinajstić information content (AvgIpc) is 2.78. The topological polar surface area (TPSA) is 101 Å². The summed E-state index contributed by atoms with van der Waals surface area (Å²) < 4.78 is 0. The van der Waals surface area contributed by atoms with Crippen molar-refractivity contribution in [2.75, 3.05) is 26.2 Å². The molecule has 0 aliphatic carbocycles. The number of rotatable bonds is 2. The minimum Gasteiger partial charge on any atom is -0.341 e. The molecule has 0 saturated carbocycles. The molecule has 2 aromatic rings. The minimum atomic E-state index is -0.281. The van der Waals surface area contributed by atoms with Crippen molar-refractivity contribution in [3.63, 3.8) is 0 Å². The largest absolute Gasteiger partial charge is 0.341 e. The molecule has 8 nitrogen and oxygen atoms in total. The highest BCUT2D eigenvalue weighted by molar-refractivity contribution is 5.82. The van der Waals surface area contributed by atoms with Crippen molar-refractivity contribution in [2.45, 2.75) is 39.2 Å². The number of urea groups is 1. The zero-order valence-electron chi connectivity index (χ0n) is 16.1. The maximum absolute atomic E-state index is 12.7. The van der Waals surface area contributed by atoms with Gasteiger partial charge in [0.1, 0.15) is 0 Å². The van der Waals surface area contributed by atoms with Crippen molar-refractivity contribution in [1.29, 1.82) is 0 Å². The highest BCUT2D eigenvalue weighted by Crippen LogP contribution is 2.13. The molecule has 1 aliphatic heterocycles. The first-order chi connectivity index (χ1) is 12.7. The Labute approximate surface area is 157 Å². The van der Waals surface area contributed by atoms with Gasteiger partial charge in [0.05, 0.1) is 17.5 Å². The van der Waals surface area contributed by atoms with Crippen molar-refractivity contribution in [3.8, 4) is 0 Å². The lowest BCUT2D eigenvalue weighted by molar-refractivity contribution is -0.130. The molecule has 3 rings (SSSR count). The Morgan fingerprint density at radius 1 is 1.04 bits per heavy atom. The molecule has 3 amide bonds. The van der Waals surface area contributed by atoms with Gasteiger partial charge in [-0.15, -0.1) is 0 Å². The molecule has 1 aromatic heterocycles. The van der Waals surface area contributed by atoms with Gasteiger partial charge in [-0.3, -0.25) is 4.79 Å². The van der Waals surface area contributed by atoms with Gasteiger partial charge in [0.2, 0.25) is 5.91 Å². The summed E-state index contributed by atoms with van der Waals surface area (Å²) in [6.07, 6.45) is 1.03. The standard InChI is InChI=1S/C19H27N5O3/c1-19(2,3)22-18(27)24-8-4-7-23(9-10-24)16(25)12-13-5-6-14-15(11-13)21-17(26)20-14/h5-6,11H,4,7-10,12H2,1-3H3,(H,22,27)(H2,20,21,26). The predicted octanol–water partition coefficient (Wildman–Crippen LogP) is 1.44. The number of nitrogens with one attached hydrogen (secondary N) is 3. The summed E-state index contributed by atoms with van der Waals surface area (Å²) in [5.74, 6) is 0.0327. The predicted molar refractivity (Wildman–Crippen MR) is 104 cm³/mol. The van der Waals surface area contributed by atoms with E-state index < -0.39 is 0 Å². The third-order valence-corrected chi connectivity index (χ3v) is 4.55. The number of fused-ring (bicyclic) bond motifs is 1. The maximum Gasteiger partial charge on any atom is 0.323 e. The summed E-state index contributed by atoms with van der Waals surface area (Å²) in [5.41, 5.74) is 1.75. The summed E-state index contributed by atoms with van der Waals surface area (Å²) in [5, 5.41) is 2.97. The van der Waals surface area contributed by atoms with Crippen LogP contribution >= 0.6 is 0 Å². The second-order valence-electron chi connectivity index (χ2n) is 8.04. The van der Waals surface area contributed by atoms with E-state index in [-0.39, 0.29) is 29.6 Å². The SMILES string of the molecule is CC(C)(C)NC(=O)N1CCCN(C(=O)Cc2ccc3[nH]c(=O)[nH]c3c2)CC1. The molecular formula is C19H27N5O3. The highest BCUT2D eigenvalue weighted by atomic mass is 16.2. The molecule has 3 N–H and O–H groups in total. The fourth-order valence-corrected chi connectivity index (χ4v) is 3.25. The third kappa shape index (κ3) is 4.90. The van der Waals surface area contributed by atoms with Gasteiger partial charge in [-0.2, -0.15) is 0 Å². The van der Waals surface area contributed by atoms with E-state index in [0.29, 0.717) is 31.7 Å². The van der Waals surface area contributed by atoms with Gasteiger partial charge in [-0.25, -0.2) is 9.59 Å². The monoisotopic (exact) mass is 373 g/mol. The Balaban J connectivity index is 1.60. The number of carbonyl (C=O) groups excluding carboxylic acids is 2. The van der Waals surface area contributed by atoms with E-state index in [4.69, 9.17) is 0 Å². The Bertz CT molecular complexity index is 893. The fourth-order valence-electron chi connectivity index (χ4n) is 3.25. The molecule has 0 atom stereocenters. The Morgan fingerprint density at radius 2 is 1.70 bits per heavy atom. The van der Waals surface area contributed by atoms with Gasteiger partial charge in [0.25, 0.3) is 0 Å². The minimum absolute atomic E-state index is 0.0327. The van der Waals surface area contributed by atoms with Crippen molar-refractivity contribution < 1.29 is 9.59 Å². The molecule has 1 saturated heterocycles. The number of aromatic amines is 2. The molecule has 1 aromatic carbocycles. The van der Waals surface area contributed by atoms with E-state index in [2.05, 4.69) is 15.3 Å². The average molecular weight is 373 g/mol. The van der Waals surface area contributed by atoms with Gasteiger partial charge >= 0.3 is 11.7 Å². The molecular weight excluding hydrogens is 346 g/mol. The normalized spacial score (nSPS) is 15.7. The first-order valence-electron chi connectivity index (χ1n) is 9.27. The third-order valence-electron chi connectivity index (χ3n) is 4.55. The molecule has 0 spiro atoms. The molecule has 8 heteroatoms. The summed E-state index contributed by atoms with van der Waals surface area (Å²) >= 11 is 0. The van der Waals surface area contributed by atoms with Gasteiger partial charge in [-0.05, 0) is 44.9 Å². The van der Waals surface area contributed by atoms with Crippen LogP contribution in [0.3, 0.4) is 0 Å². The van der Waals surface area contributed by atoms with Crippen LogP contribution < -0.4 is 11.0 Å². The van der Waals surface area contributed by atoms with E-state index in [1.165, 1.54) is 0 Å². The van der Waals surface area contributed by atoms with Crippen LogP contribution in [0.4, 0.5) is 4.79 Å². The number of benzene rings is 1. The number of carbonyl (C=O) groups is 2. The quantitative estimate of drug-likeness (QED) is 0.742. The second kappa shape index (κ2) is 7.46. The molecule has 146 valence electrons. The van der Waals surface area contributed by atoms with Crippen LogP contribution in [-0.4, -0.2) is 63.4 Å². The van der Waals surface area contributed by atoms with Gasteiger partial charge in [0.15, 0.2) is 0 Å². The number of hydrogen-bond donors (Lipinski definition) is 3. The number of H-pyrrole nitrogens is 2. The Morgan fingerprint density at radius 3 is 2.44 bits per heavy atom. The van der Waals surface area contributed by atoms with Crippen molar-refractivity contribution in [1.82, 2.24) is 25.1 Å². The second-order valence-corrected chi connectivity index (χ2v) is 8.04. The van der Waals surface area contributed by atoms with Crippen LogP contribution in [0.5, 0.6) is 0 Å². The van der Waals surface area contributed by atoms with Crippen LogP contribution in [-0.2, 0) is 11.2 Å². The number of imidazole rings is 1. The lowest BCUT2D eigenvalue weighted by Crippen LogP contribution is -2.49. The van der Waals surface area contributed by atoms with Gasteiger partial charge in [-0.1, -0.05) is 6.07 Å². The van der Waals surface area contributed by atoms with Crippen molar-refractivity contribution in [2.24, 2.45) is 0 Å². The molecule has 27 heavy (non-hydrogen) atoms. The first-order valence-corrected chi connectivity index (χ1v) is 9.27. The zero-order valence-corrected chi connectivity index (χ0v) is 16.1. The molecule has 0 bridgehead atoms. The summed E-state index contributed by atoms with van der Waals surface area (Å²) in [6.45, 7) is 8.19. The zero-order chi connectivity index (χ0) is 19.6. The molecule has 1 fully saturated rings. The molecule has 0 radical (unpaired) electrons. The van der Waals surface area contributed by atoms with Crippen LogP contribution in [0, 0.1) is 0 Å². The van der Waals surface area contributed by atoms with E-state index in [9.17, 15) is 14.4 Å². The number of aromatic nitrogens is 2. The Kier molecular flexibility index (Phi) is 5.25. The van der Waals surface area contributed by atoms with Crippen molar-refractivity contribution >= 4 is 23.0 Å². The van der Waals surface area contributed by atoms with Crippen LogP contribution in [0.1, 0.15) is 32.8 Å². The van der Waals surface area contributed by atoms with Crippen LogP contribution in [0.2, 0.25) is 0 Å². The van der Waals surface area contributed by atoms with Gasteiger partial charge in [0, 0.05) is 31.7 Å². The number of nitrogens with zero attached hydrogens (tertiary/aromatic N) is 2. The first kappa shape index (κ1) is 19.0. The van der Waals surface area contributed by atoms with E-state index in [1.807, 2.05) is 37.8 Å². The lowest BCUT2D eigenvalue weighted by Gasteiger charge is -2.27. The molecule has 2 heterocycles. The Hall–Kier alpha value is -2.77. The van der Waals surface area contributed by atoms with E-state index >= 15 is 0 Å². The fraction of sp³-hybridized carbons (Fsp3) is 0.526. The number of amides is 3. The lowest BCUT2D eigenvalue weighted by atomic mass is 10.1. The molecule has 1 aliphatic rings. The summed E-state index contributed by atoms with van der Waals surface area (Å²) in [4.78, 5) is 45.4. The van der Waals surface area contributed by atoms with Crippen LogP contribution in [0.15, 0.2) is 23.0 Å².